The first-order valence-electron chi connectivity index (χ1n) is 11.7. The molecule has 0 saturated carbocycles. The average Bonchev–Trinajstić information content (AvgIpc) is 3.28. The molecule has 1 aliphatic heterocycles. The van der Waals surface area contributed by atoms with E-state index in [-0.39, 0.29) is 0 Å². The van der Waals surface area contributed by atoms with Crippen molar-refractivity contribution in [3.05, 3.63) is 84.7 Å². The first-order chi connectivity index (χ1) is 16.2. The molecular formula is C29H30N4. The second-order valence-electron chi connectivity index (χ2n) is 8.82. The Balaban J connectivity index is 1.46. The lowest BCUT2D eigenvalue weighted by atomic mass is 9.89. The third-order valence-corrected chi connectivity index (χ3v) is 6.77. The molecule has 0 radical (unpaired) electrons. The zero-order valence-electron chi connectivity index (χ0n) is 19.4. The van der Waals surface area contributed by atoms with Gasteiger partial charge in [0.2, 0.25) is 0 Å². The molecule has 2 aromatic carbocycles. The van der Waals surface area contributed by atoms with Crippen LogP contribution in [0.3, 0.4) is 0 Å². The number of hydrogen-bond donors (Lipinski definition) is 0. The highest BCUT2D eigenvalue weighted by atomic mass is 15.1. The summed E-state index contributed by atoms with van der Waals surface area (Å²) in [7, 11) is 2.21. The normalized spacial score (nSPS) is 15.5. The van der Waals surface area contributed by atoms with Crippen molar-refractivity contribution >= 4 is 23.6 Å². The van der Waals surface area contributed by atoms with E-state index in [1.807, 2.05) is 37.5 Å². The average molecular weight is 435 g/mol. The van der Waals surface area contributed by atoms with Gasteiger partial charge in [-0.25, -0.2) is 4.98 Å². The van der Waals surface area contributed by atoms with Gasteiger partial charge in [0.05, 0.1) is 17.6 Å². The van der Waals surface area contributed by atoms with Crippen LogP contribution in [-0.2, 0) is 0 Å². The molecule has 0 atom stereocenters. The first kappa shape index (κ1) is 21.4. The Labute approximate surface area is 195 Å². The van der Waals surface area contributed by atoms with Gasteiger partial charge in [-0.1, -0.05) is 55.1 Å². The van der Waals surface area contributed by atoms with Crippen LogP contribution in [0.1, 0.15) is 36.8 Å². The lowest BCUT2D eigenvalue weighted by Crippen LogP contribution is -2.29. The van der Waals surface area contributed by atoms with E-state index in [9.17, 15) is 0 Å². The molecule has 1 fully saturated rings. The van der Waals surface area contributed by atoms with Crippen molar-refractivity contribution in [2.75, 3.05) is 20.1 Å². The van der Waals surface area contributed by atoms with Gasteiger partial charge in [-0.3, -0.25) is 9.39 Å². The van der Waals surface area contributed by atoms with Crippen LogP contribution in [0.2, 0.25) is 0 Å². The number of aromatic nitrogens is 2. The topological polar surface area (TPSA) is 32.9 Å². The highest BCUT2D eigenvalue weighted by molar-refractivity contribution is 5.84. The number of imidazole rings is 1. The van der Waals surface area contributed by atoms with Crippen molar-refractivity contribution in [1.29, 1.82) is 0 Å². The van der Waals surface area contributed by atoms with Crippen LogP contribution in [-0.4, -0.2) is 40.6 Å². The molecule has 3 heterocycles. The van der Waals surface area contributed by atoms with Crippen LogP contribution in [0.4, 0.5) is 5.69 Å². The van der Waals surface area contributed by atoms with Gasteiger partial charge in [0.15, 0.2) is 0 Å². The number of fused-ring (bicyclic) bond motifs is 1. The van der Waals surface area contributed by atoms with Gasteiger partial charge in [0, 0.05) is 23.5 Å². The molecule has 166 valence electrons. The number of para-hydroxylation sites is 1. The summed E-state index contributed by atoms with van der Waals surface area (Å²) in [6.45, 7) is 8.25. The lowest BCUT2D eigenvalue weighted by Gasteiger charge is -2.29. The van der Waals surface area contributed by atoms with Crippen LogP contribution >= 0.6 is 0 Å². The smallest absolute Gasteiger partial charge is 0.137 e. The van der Waals surface area contributed by atoms with E-state index in [4.69, 9.17) is 4.98 Å². The van der Waals surface area contributed by atoms with E-state index in [1.54, 1.807) is 0 Å². The van der Waals surface area contributed by atoms with Crippen molar-refractivity contribution in [2.24, 2.45) is 4.99 Å². The van der Waals surface area contributed by atoms with E-state index in [0.717, 1.165) is 28.2 Å². The second-order valence-corrected chi connectivity index (χ2v) is 8.82. The minimum Gasteiger partial charge on any atom is -0.306 e. The Morgan fingerprint density at radius 2 is 1.82 bits per heavy atom. The van der Waals surface area contributed by atoms with Crippen molar-refractivity contribution in [2.45, 2.75) is 25.7 Å². The second kappa shape index (κ2) is 9.16. The fraction of sp³-hybridized carbons (Fsp3) is 0.241. The number of piperidine rings is 1. The maximum absolute atomic E-state index is 4.72. The van der Waals surface area contributed by atoms with E-state index in [0.29, 0.717) is 5.92 Å². The summed E-state index contributed by atoms with van der Waals surface area (Å²) in [5.41, 5.74) is 8.81. The number of benzene rings is 2. The zero-order valence-corrected chi connectivity index (χ0v) is 19.4. The van der Waals surface area contributed by atoms with Crippen LogP contribution in [0.25, 0.3) is 34.1 Å². The molecule has 0 N–H and O–H groups in total. The number of pyridine rings is 1. The van der Waals surface area contributed by atoms with Gasteiger partial charge in [0.25, 0.3) is 0 Å². The Morgan fingerprint density at radius 1 is 1.03 bits per heavy atom. The maximum atomic E-state index is 4.72. The molecule has 0 unspecified atom stereocenters. The van der Waals surface area contributed by atoms with E-state index in [1.165, 1.54) is 42.6 Å². The predicted octanol–water partition coefficient (Wildman–Crippen LogP) is 6.84. The van der Waals surface area contributed by atoms with E-state index in [2.05, 4.69) is 76.6 Å². The van der Waals surface area contributed by atoms with Crippen LogP contribution in [0.15, 0.2) is 78.6 Å². The number of rotatable bonds is 5. The predicted molar refractivity (Wildman–Crippen MR) is 139 cm³/mol. The summed E-state index contributed by atoms with van der Waals surface area (Å²) in [6.07, 6.45) is 10.2. The molecule has 1 aliphatic rings. The van der Waals surface area contributed by atoms with Gasteiger partial charge in [0.1, 0.15) is 5.65 Å². The molecular weight excluding hydrogens is 404 g/mol. The largest absolute Gasteiger partial charge is 0.306 e. The Morgan fingerprint density at radius 3 is 2.55 bits per heavy atom. The molecule has 0 amide bonds. The highest BCUT2D eigenvalue weighted by Crippen LogP contribution is 2.35. The number of aliphatic imine (C=N–C) groups is 1. The summed E-state index contributed by atoms with van der Waals surface area (Å²) in [5, 5.41) is 0. The molecule has 5 rings (SSSR count). The van der Waals surface area contributed by atoms with Crippen LogP contribution < -0.4 is 0 Å². The van der Waals surface area contributed by atoms with Crippen LogP contribution in [0, 0.1) is 0 Å². The minimum atomic E-state index is 0.680. The summed E-state index contributed by atoms with van der Waals surface area (Å²) in [5.74, 6) is 0.680. The van der Waals surface area contributed by atoms with Crippen molar-refractivity contribution in [3.8, 4) is 22.4 Å². The maximum Gasteiger partial charge on any atom is 0.137 e. The van der Waals surface area contributed by atoms with Crippen molar-refractivity contribution in [3.63, 3.8) is 0 Å². The molecule has 1 saturated heterocycles. The third-order valence-electron chi connectivity index (χ3n) is 6.77. The van der Waals surface area contributed by atoms with E-state index >= 15 is 0 Å². The Kier molecular flexibility index (Phi) is 5.93. The molecule has 0 aliphatic carbocycles. The Hall–Kier alpha value is -3.50. The first-order valence-corrected chi connectivity index (χ1v) is 11.7. The number of nitrogens with zero attached hydrogens (tertiary/aromatic N) is 4. The van der Waals surface area contributed by atoms with Gasteiger partial charge in [-0.05, 0) is 74.6 Å². The molecule has 33 heavy (non-hydrogen) atoms. The van der Waals surface area contributed by atoms with Crippen LogP contribution in [0.5, 0.6) is 0 Å². The monoisotopic (exact) mass is 434 g/mol. The summed E-state index contributed by atoms with van der Waals surface area (Å²) in [6, 6.07) is 19.6. The standard InChI is InChI=1S/C29H30N4/c1-4-21-7-6-8-26(29(21)30-5-2)27-20-31-28-19-25(15-18-33(27)28)23-11-9-22(10-12-23)24-13-16-32(3)17-14-24/h4-12,15,18-20,24H,1,13-14,16-17H2,2-3H3. The molecule has 2 aromatic heterocycles. The summed E-state index contributed by atoms with van der Waals surface area (Å²) in [4.78, 5) is 11.8. The van der Waals surface area contributed by atoms with Gasteiger partial charge in [-0.15, -0.1) is 0 Å². The quantitative estimate of drug-likeness (QED) is 0.322. The molecule has 4 heteroatoms. The highest BCUT2D eigenvalue weighted by Gasteiger charge is 2.18. The summed E-state index contributed by atoms with van der Waals surface area (Å²) < 4.78 is 2.13. The Bertz CT molecular complexity index is 1310. The molecule has 4 aromatic rings. The zero-order chi connectivity index (χ0) is 22.8. The summed E-state index contributed by atoms with van der Waals surface area (Å²) >= 11 is 0. The molecule has 0 spiro atoms. The molecule has 0 bridgehead atoms. The SMILES string of the molecule is C=Cc1cccc(-c2cnc3cc(-c4ccc(C5CCN(C)CC5)cc4)ccn23)c1N=CC. The van der Waals surface area contributed by atoms with Gasteiger partial charge in [-0.2, -0.15) is 0 Å². The van der Waals surface area contributed by atoms with Crippen molar-refractivity contribution in [1.82, 2.24) is 14.3 Å². The molecule has 4 nitrogen and oxygen atoms in total. The fourth-order valence-electron chi connectivity index (χ4n) is 4.86. The lowest BCUT2D eigenvalue weighted by molar-refractivity contribution is 0.255. The minimum absolute atomic E-state index is 0.680. The number of likely N-dealkylation sites (tertiary alicyclic amines) is 1. The number of hydrogen-bond acceptors (Lipinski definition) is 3. The van der Waals surface area contributed by atoms with Gasteiger partial charge < -0.3 is 4.90 Å². The third kappa shape index (κ3) is 4.14. The van der Waals surface area contributed by atoms with Crippen molar-refractivity contribution < 1.29 is 0 Å². The van der Waals surface area contributed by atoms with Gasteiger partial charge >= 0.3 is 0 Å². The van der Waals surface area contributed by atoms with E-state index < -0.39 is 0 Å². The fourth-order valence-corrected chi connectivity index (χ4v) is 4.86.